The van der Waals surface area contributed by atoms with Crippen molar-refractivity contribution in [2.24, 2.45) is 0 Å². The zero-order chi connectivity index (χ0) is 24.2. The van der Waals surface area contributed by atoms with Gasteiger partial charge in [-0.25, -0.2) is 13.6 Å². The molecule has 33 heavy (non-hydrogen) atoms. The molecule has 2 unspecified atom stereocenters. The SMILES string of the molecule is CC(C)(C)OC(=O)NC(Cc1cc(F)cc(F)c1)[C@H](O)CNC1CCCc2ccc(I)cc21. The van der Waals surface area contributed by atoms with Gasteiger partial charge in [-0.2, -0.15) is 0 Å². The molecule has 3 N–H and O–H groups in total. The van der Waals surface area contributed by atoms with Crippen LogP contribution in [0.1, 0.15) is 56.3 Å². The van der Waals surface area contributed by atoms with E-state index in [4.69, 9.17) is 4.74 Å². The molecule has 0 aromatic heterocycles. The van der Waals surface area contributed by atoms with Crippen molar-refractivity contribution in [3.63, 3.8) is 0 Å². The highest BCUT2D eigenvalue weighted by Crippen LogP contribution is 2.31. The Bertz CT molecular complexity index is 960. The lowest BCUT2D eigenvalue weighted by Crippen LogP contribution is -2.50. The molecular weight excluding hydrogens is 541 g/mol. The summed E-state index contributed by atoms with van der Waals surface area (Å²) >= 11 is 2.29. The molecule has 3 atom stereocenters. The number of hydrogen-bond acceptors (Lipinski definition) is 4. The third-order valence-electron chi connectivity index (χ3n) is 5.54. The smallest absolute Gasteiger partial charge is 0.407 e. The molecule has 2 aromatic rings. The van der Waals surface area contributed by atoms with E-state index < -0.39 is 35.5 Å². The van der Waals surface area contributed by atoms with E-state index in [9.17, 15) is 18.7 Å². The number of aliphatic hydroxyl groups excluding tert-OH is 1. The van der Waals surface area contributed by atoms with Crippen LogP contribution < -0.4 is 10.6 Å². The summed E-state index contributed by atoms with van der Waals surface area (Å²) in [5.41, 5.74) is 2.15. The van der Waals surface area contributed by atoms with E-state index in [0.717, 1.165) is 28.9 Å². The van der Waals surface area contributed by atoms with Crippen LogP contribution in [0, 0.1) is 15.2 Å². The third kappa shape index (κ3) is 7.89. The van der Waals surface area contributed by atoms with E-state index in [2.05, 4.69) is 51.4 Å². The number of carbonyl (C=O) groups is 1. The molecule has 3 rings (SSSR count). The quantitative estimate of drug-likeness (QED) is 0.407. The normalized spacial score (nSPS) is 17.7. The van der Waals surface area contributed by atoms with E-state index in [1.54, 1.807) is 20.8 Å². The first-order valence-electron chi connectivity index (χ1n) is 11.1. The molecule has 0 spiro atoms. The van der Waals surface area contributed by atoms with Crippen LogP contribution in [-0.4, -0.2) is 35.5 Å². The lowest BCUT2D eigenvalue weighted by molar-refractivity contribution is 0.0419. The number of amides is 1. The predicted molar refractivity (Wildman–Crippen MR) is 132 cm³/mol. The molecule has 0 heterocycles. The fraction of sp³-hybridized carbons (Fsp3) is 0.480. The monoisotopic (exact) mass is 572 g/mol. The van der Waals surface area contributed by atoms with Crippen molar-refractivity contribution in [2.75, 3.05) is 6.54 Å². The van der Waals surface area contributed by atoms with Gasteiger partial charge in [-0.05, 0) is 110 Å². The number of carbonyl (C=O) groups excluding carboxylic acids is 1. The molecule has 0 radical (unpaired) electrons. The second-order valence-electron chi connectivity index (χ2n) is 9.50. The van der Waals surface area contributed by atoms with Gasteiger partial charge in [0.05, 0.1) is 12.1 Å². The number of ether oxygens (including phenoxy) is 1. The van der Waals surface area contributed by atoms with Crippen molar-refractivity contribution >= 4 is 28.7 Å². The van der Waals surface area contributed by atoms with Crippen molar-refractivity contribution in [3.05, 3.63) is 68.3 Å². The first-order valence-corrected chi connectivity index (χ1v) is 12.2. The third-order valence-corrected chi connectivity index (χ3v) is 6.21. The van der Waals surface area contributed by atoms with Gasteiger partial charge < -0.3 is 20.5 Å². The Morgan fingerprint density at radius 3 is 2.58 bits per heavy atom. The Morgan fingerprint density at radius 1 is 1.21 bits per heavy atom. The number of hydrogen-bond donors (Lipinski definition) is 3. The molecule has 1 aliphatic rings. The molecule has 2 aromatic carbocycles. The number of aliphatic hydroxyl groups is 1. The summed E-state index contributed by atoms with van der Waals surface area (Å²) < 4.78 is 33.9. The van der Waals surface area contributed by atoms with Gasteiger partial charge >= 0.3 is 6.09 Å². The summed E-state index contributed by atoms with van der Waals surface area (Å²) in [6.07, 6.45) is 1.37. The van der Waals surface area contributed by atoms with Crippen molar-refractivity contribution in [2.45, 2.75) is 70.2 Å². The van der Waals surface area contributed by atoms with Crippen LogP contribution >= 0.6 is 22.6 Å². The number of aryl methyl sites for hydroxylation is 1. The highest BCUT2D eigenvalue weighted by Gasteiger charge is 2.27. The number of nitrogens with one attached hydrogen (secondary N) is 2. The molecule has 0 saturated heterocycles. The highest BCUT2D eigenvalue weighted by molar-refractivity contribution is 14.1. The molecule has 5 nitrogen and oxygen atoms in total. The first kappa shape index (κ1) is 25.8. The van der Waals surface area contributed by atoms with Crippen LogP contribution in [0.25, 0.3) is 0 Å². The van der Waals surface area contributed by atoms with Crippen LogP contribution in [0.15, 0.2) is 36.4 Å². The van der Waals surface area contributed by atoms with Gasteiger partial charge in [0.15, 0.2) is 0 Å². The minimum Gasteiger partial charge on any atom is -0.444 e. The molecule has 1 amide bonds. The fourth-order valence-corrected chi connectivity index (χ4v) is 4.63. The standard InChI is InChI=1S/C25H31F2IN2O3/c1-25(2,3)33-24(32)30-22(11-15-9-17(26)12-18(27)10-15)23(31)14-29-21-6-4-5-16-7-8-19(28)13-20(16)21/h7-10,12-13,21-23,29,31H,4-6,11,14H2,1-3H3,(H,30,32)/t21?,22?,23-/m1/s1. The Hall–Kier alpha value is -1.78. The van der Waals surface area contributed by atoms with E-state index >= 15 is 0 Å². The second kappa shape index (κ2) is 11.1. The summed E-state index contributed by atoms with van der Waals surface area (Å²) in [6.45, 7) is 5.42. The van der Waals surface area contributed by atoms with Gasteiger partial charge in [0.2, 0.25) is 0 Å². The summed E-state index contributed by atoms with van der Waals surface area (Å²) in [6, 6.07) is 8.88. The van der Waals surface area contributed by atoms with Crippen LogP contribution in [0.3, 0.4) is 0 Å². The summed E-state index contributed by atoms with van der Waals surface area (Å²) in [4.78, 5) is 12.4. The van der Waals surface area contributed by atoms with Crippen molar-refractivity contribution in [1.29, 1.82) is 0 Å². The largest absolute Gasteiger partial charge is 0.444 e. The number of alkyl carbamates (subject to hydrolysis) is 1. The summed E-state index contributed by atoms with van der Waals surface area (Å²) in [7, 11) is 0. The zero-order valence-corrected chi connectivity index (χ0v) is 21.3. The lowest BCUT2D eigenvalue weighted by atomic mass is 9.87. The maximum absolute atomic E-state index is 13.7. The van der Waals surface area contributed by atoms with E-state index in [-0.39, 0.29) is 19.0 Å². The van der Waals surface area contributed by atoms with Crippen LogP contribution in [0.2, 0.25) is 0 Å². The number of halogens is 3. The van der Waals surface area contributed by atoms with E-state index in [1.807, 2.05) is 0 Å². The van der Waals surface area contributed by atoms with Gasteiger partial charge in [0.1, 0.15) is 17.2 Å². The lowest BCUT2D eigenvalue weighted by Gasteiger charge is -2.30. The molecule has 0 aliphatic heterocycles. The molecule has 0 saturated carbocycles. The highest BCUT2D eigenvalue weighted by atomic mass is 127. The molecular formula is C25H31F2IN2O3. The van der Waals surface area contributed by atoms with Crippen LogP contribution in [0.5, 0.6) is 0 Å². The minimum atomic E-state index is -1.00. The average Bonchev–Trinajstić information content (AvgIpc) is 2.69. The number of rotatable bonds is 7. The minimum absolute atomic E-state index is 0.0515. The maximum Gasteiger partial charge on any atom is 0.407 e. The maximum atomic E-state index is 13.7. The fourth-order valence-electron chi connectivity index (χ4n) is 4.11. The van der Waals surface area contributed by atoms with Crippen molar-refractivity contribution in [1.82, 2.24) is 10.6 Å². The summed E-state index contributed by atoms with van der Waals surface area (Å²) in [5, 5.41) is 17.1. The van der Waals surface area contributed by atoms with Gasteiger partial charge in [-0.1, -0.05) is 6.07 Å². The van der Waals surface area contributed by atoms with Crippen LogP contribution in [0.4, 0.5) is 13.6 Å². The molecule has 1 aliphatic carbocycles. The summed E-state index contributed by atoms with van der Waals surface area (Å²) in [5.74, 6) is -1.41. The first-order chi connectivity index (χ1) is 15.5. The Labute approximate surface area is 207 Å². The Kier molecular flexibility index (Phi) is 8.69. The molecule has 0 fully saturated rings. The average molecular weight is 572 g/mol. The van der Waals surface area contributed by atoms with Gasteiger partial charge in [0.25, 0.3) is 0 Å². The van der Waals surface area contributed by atoms with Gasteiger partial charge in [-0.15, -0.1) is 0 Å². The van der Waals surface area contributed by atoms with Gasteiger partial charge in [0, 0.05) is 22.2 Å². The Morgan fingerprint density at radius 2 is 1.91 bits per heavy atom. The Balaban J connectivity index is 1.72. The van der Waals surface area contributed by atoms with Gasteiger partial charge in [-0.3, -0.25) is 0 Å². The van der Waals surface area contributed by atoms with Crippen molar-refractivity contribution < 1.29 is 23.4 Å². The molecule has 0 bridgehead atoms. The second-order valence-corrected chi connectivity index (χ2v) is 10.7. The zero-order valence-electron chi connectivity index (χ0n) is 19.1. The van der Waals surface area contributed by atoms with E-state index in [1.165, 1.54) is 23.3 Å². The molecule has 8 heteroatoms. The number of fused-ring (bicyclic) bond motifs is 1. The molecule has 180 valence electrons. The van der Waals surface area contributed by atoms with Crippen molar-refractivity contribution in [3.8, 4) is 0 Å². The number of benzene rings is 2. The predicted octanol–water partition coefficient (Wildman–Crippen LogP) is 5.03. The van der Waals surface area contributed by atoms with E-state index in [0.29, 0.717) is 5.56 Å². The topological polar surface area (TPSA) is 70.6 Å². The van der Waals surface area contributed by atoms with Crippen LogP contribution in [-0.2, 0) is 17.6 Å².